The van der Waals surface area contributed by atoms with Crippen LogP contribution in [0.5, 0.6) is 5.75 Å². The number of H-pyrrole nitrogens is 1. The van der Waals surface area contributed by atoms with Crippen LogP contribution in [0, 0.1) is 0 Å². The molecular formula is C14H11F3N5O2+. The number of hydrogen-bond donors (Lipinski definition) is 1. The van der Waals surface area contributed by atoms with Gasteiger partial charge in [0.15, 0.2) is 5.11 Å². The van der Waals surface area contributed by atoms with Gasteiger partial charge >= 0.3 is 12.3 Å². The quantitative estimate of drug-likeness (QED) is 0.681. The SMILES string of the molecule is O=C(N=[N+]=Nc1cc(C2CC2)n[nH]1)c1ccc(OC(F)(F)F)cc1. The maximum Gasteiger partial charge on any atom is 0.573 e. The van der Waals surface area contributed by atoms with Crippen molar-refractivity contribution in [3.8, 4) is 5.75 Å². The number of amides is 1. The maximum atomic E-state index is 12.0. The average molecular weight is 338 g/mol. The van der Waals surface area contributed by atoms with E-state index in [0.717, 1.165) is 42.8 Å². The zero-order valence-electron chi connectivity index (χ0n) is 12.1. The minimum atomic E-state index is -4.78. The van der Waals surface area contributed by atoms with E-state index in [-0.39, 0.29) is 5.56 Å². The topological polar surface area (TPSA) is 93.8 Å². The Morgan fingerprint density at radius 2 is 2.00 bits per heavy atom. The summed E-state index contributed by atoms with van der Waals surface area (Å²) in [6, 6.07) is 6.08. The summed E-state index contributed by atoms with van der Waals surface area (Å²) in [5.41, 5.74) is 0.960. The van der Waals surface area contributed by atoms with Crippen LogP contribution in [0.4, 0.5) is 19.0 Å². The molecular weight excluding hydrogens is 327 g/mol. The molecule has 10 heteroatoms. The van der Waals surface area contributed by atoms with Crippen LogP contribution in [0.25, 0.3) is 0 Å². The molecule has 2 aromatic rings. The molecule has 0 atom stereocenters. The van der Waals surface area contributed by atoms with Crippen LogP contribution >= 0.6 is 0 Å². The van der Waals surface area contributed by atoms with Gasteiger partial charge in [-0.15, -0.1) is 13.2 Å². The molecule has 1 heterocycles. The first kappa shape index (κ1) is 15.9. The zero-order valence-corrected chi connectivity index (χ0v) is 12.1. The minimum Gasteiger partial charge on any atom is -0.406 e. The van der Waals surface area contributed by atoms with Gasteiger partial charge in [-0.25, -0.2) is 0 Å². The van der Waals surface area contributed by atoms with Gasteiger partial charge in [0, 0.05) is 17.5 Å². The summed E-state index contributed by atoms with van der Waals surface area (Å²) >= 11 is 0. The molecule has 1 aromatic carbocycles. The van der Waals surface area contributed by atoms with Gasteiger partial charge < -0.3 is 4.74 Å². The van der Waals surface area contributed by atoms with E-state index in [1.807, 2.05) is 0 Å². The van der Waals surface area contributed by atoms with Crippen molar-refractivity contribution in [2.24, 2.45) is 10.2 Å². The van der Waals surface area contributed by atoms with Gasteiger partial charge in [-0.3, -0.25) is 9.89 Å². The Morgan fingerprint density at radius 3 is 2.62 bits per heavy atom. The molecule has 3 rings (SSSR count). The molecule has 0 aliphatic heterocycles. The summed E-state index contributed by atoms with van der Waals surface area (Å²) in [4.78, 5) is 15.2. The van der Waals surface area contributed by atoms with E-state index in [9.17, 15) is 18.0 Å². The molecule has 0 unspecified atom stereocenters. The molecule has 0 radical (unpaired) electrons. The number of benzene rings is 1. The van der Waals surface area contributed by atoms with Crippen molar-refractivity contribution in [3.63, 3.8) is 0 Å². The van der Waals surface area contributed by atoms with Crippen molar-refractivity contribution in [1.82, 2.24) is 15.1 Å². The number of nitrogens with one attached hydrogen (secondary N) is 1. The van der Waals surface area contributed by atoms with Crippen LogP contribution in [0.2, 0.25) is 0 Å². The Bertz CT molecular complexity index is 803. The van der Waals surface area contributed by atoms with Gasteiger partial charge in [-0.2, -0.15) is 5.10 Å². The standard InChI is InChI=1S/C14H10F3N5O2/c15-14(16,17)24-10-5-3-9(4-6-10)13(23)21-22-20-12-7-11(18-19-12)8-1-2-8/h3-8H,1-2H2/p+1. The summed E-state index contributed by atoms with van der Waals surface area (Å²) in [6.45, 7) is 0. The first-order chi connectivity index (χ1) is 11.4. The fraction of sp³-hybridized carbons (Fsp3) is 0.286. The van der Waals surface area contributed by atoms with Crippen molar-refractivity contribution >= 4 is 11.7 Å². The highest BCUT2D eigenvalue weighted by Gasteiger charge is 2.31. The lowest BCUT2D eigenvalue weighted by atomic mass is 10.2. The highest BCUT2D eigenvalue weighted by molar-refractivity contribution is 5.94. The number of halogens is 3. The molecule has 1 amide bonds. The predicted octanol–water partition coefficient (Wildman–Crippen LogP) is 3.63. The molecule has 24 heavy (non-hydrogen) atoms. The van der Waals surface area contributed by atoms with E-state index < -0.39 is 18.0 Å². The molecule has 7 nitrogen and oxygen atoms in total. The zero-order chi connectivity index (χ0) is 17.2. The smallest absolute Gasteiger partial charge is 0.406 e. The number of rotatable bonds is 4. The van der Waals surface area contributed by atoms with Gasteiger partial charge in [0.25, 0.3) is 0 Å². The lowest BCUT2D eigenvalue weighted by Gasteiger charge is -2.07. The fourth-order valence-corrected chi connectivity index (χ4v) is 1.93. The number of ether oxygens (including phenoxy) is 1. The van der Waals surface area contributed by atoms with E-state index in [4.69, 9.17) is 0 Å². The molecule has 1 aromatic heterocycles. The normalized spacial score (nSPS) is 14.0. The highest BCUT2D eigenvalue weighted by Crippen LogP contribution is 2.39. The molecule has 1 fully saturated rings. The Hall–Kier alpha value is -3.00. The second kappa shape index (κ2) is 6.25. The van der Waals surface area contributed by atoms with Crippen molar-refractivity contribution in [2.45, 2.75) is 25.1 Å². The van der Waals surface area contributed by atoms with Crippen LogP contribution in [0.1, 0.15) is 34.8 Å². The number of nitrogens with zero attached hydrogens (tertiary/aromatic N) is 4. The number of carbonyl (C=O) groups is 1. The van der Waals surface area contributed by atoms with Gasteiger partial charge in [0.2, 0.25) is 15.8 Å². The van der Waals surface area contributed by atoms with Crippen LogP contribution < -0.4 is 9.65 Å². The summed E-state index contributed by atoms with van der Waals surface area (Å²) in [5, 5.41) is 13.8. The minimum absolute atomic E-state index is 0.0618. The second-order valence-electron chi connectivity index (χ2n) is 5.12. The van der Waals surface area contributed by atoms with Crippen LogP contribution in [0.3, 0.4) is 0 Å². The van der Waals surface area contributed by atoms with E-state index in [1.165, 1.54) is 0 Å². The third-order valence-corrected chi connectivity index (χ3v) is 3.20. The van der Waals surface area contributed by atoms with Gasteiger partial charge in [0.1, 0.15) is 5.75 Å². The number of aromatic nitrogens is 2. The lowest BCUT2D eigenvalue weighted by molar-refractivity contribution is -0.274. The molecule has 1 aliphatic carbocycles. The van der Waals surface area contributed by atoms with Crippen LogP contribution in [-0.2, 0) is 0 Å². The molecule has 124 valence electrons. The number of hydrogen-bond acceptors (Lipinski definition) is 4. The van der Waals surface area contributed by atoms with Crippen molar-refractivity contribution in [2.75, 3.05) is 0 Å². The first-order valence-electron chi connectivity index (χ1n) is 6.98. The third kappa shape index (κ3) is 4.26. The summed E-state index contributed by atoms with van der Waals surface area (Å²) in [7, 11) is 0. The fourth-order valence-electron chi connectivity index (χ4n) is 1.93. The Balaban J connectivity index is 1.63. The second-order valence-corrected chi connectivity index (χ2v) is 5.12. The highest BCUT2D eigenvalue weighted by atomic mass is 19.4. The Kier molecular flexibility index (Phi) is 4.13. The van der Waals surface area contributed by atoms with E-state index in [0.29, 0.717) is 11.7 Å². The maximum absolute atomic E-state index is 12.0. The Morgan fingerprint density at radius 1 is 1.29 bits per heavy atom. The molecule has 0 saturated heterocycles. The summed E-state index contributed by atoms with van der Waals surface area (Å²) in [5.74, 6) is -0.325. The molecule has 1 N–H and O–H groups in total. The first-order valence-corrected chi connectivity index (χ1v) is 6.98. The lowest BCUT2D eigenvalue weighted by Crippen LogP contribution is -2.17. The van der Waals surface area contributed by atoms with Gasteiger partial charge in [0.05, 0.1) is 5.69 Å². The monoisotopic (exact) mass is 338 g/mol. The largest absolute Gasteiger partial charge is 0.573 e. The van der Waals surface area contributed by atoms with E-state index in [1.54, 1.807) is 6.07 Å². The molecule has 0 spiro atoms. The van der Waals surface area contributed by atoms with Crippen LogP contribution in [0.15, 0.2) is 40.6 Å². The van der Waals surface area contributed by atoms with Gasteiger partial charge in [-0.1, -0.05) is 0 Å². The molecule has 1 aliphatic rings. The number of alkyl halides is 3. The predicted molar refractivity (Wildman–Crippen MR) is 74.7 cm³/mol. The van der Waals surface area contributed by atoms with E-state index in [2.05, 4.69) is 30.1 Å². The third-order valence-electron chi connectivity index (χ3n) is 3.20. The van der Waals surface area contributed by atoms with Crippen molar-refractivity contribution in [1.29, 1.82) is 0 Å². The molecule has 0 bridgehead atoms. The van der Waals surface area contributed by atoms with Crippen LogP contribution in [-0.4, -0.2) is 22.5 Å². The van der Waals surface area contributed by atoms with Crippen molar-refractivity contribution in [3.05, 3.63) is 41.6 Å². The summed E-state index contributed by atoms with van der Waals surface area (Å²) in [6.07, 6.45) is -2.59. The average Bonchev–Trinajstić information content (AvgIpc) is 3.26. The van der Waals surface area contributed by atoms with Gasteiger partial charge in [-0.05, 0) is 37.1 Å². The number of carbonyl (C=O) groups excluding carboxylic acids is 1. The van der Waals surface area contributed by atoms with E-state index >= 15 is 0 Å². The molecule has 1 saturated carbocycles. The Labute approximate surface area is 133 Å². The summed E-state index contributed by atoms with van der Waals surface area (Å²) < 4.78 is 39.8. The number of aromatic amines is 1. The van der Waals surface area contributed by atoms with Crippen molar-refractivity contribution < 1.29 is 22.7 Å².